The molecule has 0 bridgehead atoms. The smallest absolute Gasteiger partial charge is 0.242 e. The van der Waals surface area contributed by atoms with Crippen LogP contribution in [-0.4, -0.2) is 45.5 Å². The van der Waals surface area contributed by atoms with Crippen molar-refractivity contribution in [1.82, 2.24) is 20.3 Å². The van der Waals surface area contributed by atoms with Gasteiger partial charge in [-0.1, -0.05) is 18.2 Å². The van der Waals surface area contributed by atoms with E-state index in [-0.39, 0.29) is 46.6 Å². The summed E-state index contributed by atoms with van der Waals surface area (Å²) in [6.45, 7) is 3.65. The number of nitrogens with one attached hydrogen (secondary N) is 3. The zero-order valence-electron chi connectivity index (χ0n) is 16.8. The minimum Gasteiger partial charge on any atom is -0.357 e. The fourth-order valence-electron chi connectivity index (χ4n) is 3.08. The van der Waals surface area contributed by atoms with Crippen molar-refractivity contribution < 1.29 is 12.8 Å². The molecule has 0 atom stereocenters. The molecule has 0 spiro atoms. The lowest BCUT2D eigenvalue weighted by molar-refractivity contribution is 0.572. The fourth-order valence-corrected chi connectivity index (χ4v) is 4.08. The summed E-state index contributed by atoms with van der Waals surface area (Å²) in [5.41, 5.74) is 0.471. The number of aliphatic imine (C=N–C) groups is 1. The van der Waals surface area contributed by atoms with Crippen molar-refractivity contribution in [3.63, 3.8) is 0 Å². The minimum absolute atomic E-state index is 0. The fraction of sp³-hybridized carbons (Fsp3) is 0.400. The highest BCUT2D eigenvalue weighted by atomic mass is 127. The van der Waals surface area contributed by atoms with Gasteiger partial charge in [-0.15, -0.1) is 24.0 Å². The van der Waals surface area contributed by atoms with Gasteiger partial charge in [0, 0.05) is 37.4 Å². The van der Waals surface area contributed by atoms with Crippen molar-refractivity contribution in [1.29, 1.82) is 0 Å². The highest BCUT2D eigenvalue weighted by Gasteiger charge is 2.45. The summed E-state index contributed by atoms with van der Waals surface area (Å²) in [7, 11) is -3.59. The summed E-state index contributed by atoms with van der Waals surface area (Å²) in [4.78, 5) is 8.55. The number of halogens is 2. The van der Waals surface area contributed by atoms with Gasteiger partial charge in [0.1, 0.15) is 10.7 Å². The number of aromatic nitrogens is 1. The molecule has 1 aromatic carbocycles. The Bertz CT molecular complexity index is 953. The van der Waals surface area contributed by atoms with Gasteiger partial charge >= 0.3 is 0 Å². The molecule has 7 nitrogen and oxygen atoms in total. The van der Waals surface area contributed by atoms with Crippen molar-refractivity contribution >= 4 is 40.0 Å². The predicted octanol–water partition coefficient (Wildman–Crippen LogP) is 2.40. The van der Waals surface area contributed by atoms with Crippen LogP contribution < -0.4 is 15.4 Å². The minimum atomic E-state index is -3.59. The molecule has 1 aliphatic carbocycles. The molecular weight excluding hydrogens is 520 g/mol. The number of hydrogen-bond acceptors (Lipinski definition) is 4. The van der Waals surface area contributed by atoms with Crippen LogP contribution in [0.1, 0.15) is 25.3 Å². The van der Waals surface area contributed by atoms with E-state index in [0.29, 0.717) is 31.2 Å². The van der Waals surface area contributed by atoms with E-state index in [9.17, 15) is 12.8 Å². The van der Waals surface area contributed by atoms with Gasteiger partial charge in [-0.2, -0.15) is 0 Å². The van der Waals surface area contributed by atoms with Crippen molar-refractivity contribution in [2.45, 2.75) is 30.1 Å². The third-order valence-corrected chi connectivity index (χ3v) is 6.28. The van der Waals surface area contributed by atoms with E-state index in [1.54, 1.807) is 12.1 Å². The van der Waals surface area contributed by atoms with Crippen LogP contribution >= 0.6 is 24.0 Å². The van der Waals surface area contributed by atoms with E-state index in [2.05, 4.69) is 25.3 Å². The van der Waals surface area contributed by atoms with E-state index in [4.69, 9.17) is 0 Å². The third-order valence-electron chi connectivity index (χ3n) is 4.84. The zero-order chi connectivity index (χ0) is 20.7. The van der Waals surface area contributed by atoms with E-state index >= 15 is 0 Å². The van der Waals surface area contributed by atoms with Crippen LogP contribution in [0.25, 0.3) is 0 Å². The molecule has 30 heavy (non-hydrogen) atoms. The van der Waals surface area contributed by atoms with Crippen LogP contribution in [0, 0.1) is 5.82 Å². The van der Waals surface area contributed by atoms with Crippen LogP contribution in [0.2, 0.25) is 0 Å². The lowest BCUT2D eigenvalue weighted by Gasteiger charge is -2.16. The van der Waals surface area contributed by atoms with Crippen LogP contribution in [0.5, 0.6) is 0 Å². The first-order chi connectivity index (χ1) is 14.0. The van der Waals surface area contributed by atoms with Crippen LogP contribution in [0.15, 0.2) is 58.7 Å². The molecule has 0 saturated heterocycles. The monoisotopic (exact) mass is 547 g/mol. The molecule has 2 aromatic rings. The first kappa shape index (κ1) is 24.5. The number of pyridine rings is 1. The van der Waals surface area contributed by atoms with E-state index < -0.39 is 10.0 Å². The number of sulfonamides is 1. The Labute approximate surface area is 194 Å². The molecule has 164 valence electrons. The molecule has 1 fully saturated rings. The van der Waals surface area contributed by atoms with E-state index in [1.807, 2.05) is 19.1 Å². The number of guanidine groups is 1. The number of benzene rings is 1. The first-order valence-corrected chi connectivity index (χ1v) is 11.1. The number of nitrogens with zero attached hydrogens (tertiary/aromatic N) is 2. The van der Waals surface area contributed by atoms with Gasteiger partial charge in [-0.25, -0.2) is 17.5 Å². The Kier molecular flexibility index (Phi) is 8.98. The highest BCUT2D eigenvalue weighted by molar-refractivity contribution is 14.0. The van der Waals surface area contributed by atoms with Crippen molar-refractivity contribution in [3.05, 3.63) is 60.2 Å². The van der Waals surface area contributed by atoms with Crippen molar-refractivity contribution in [3.8, 4) is 0 Å². The molecule has 3 rings (SSSR count). The third kappa shape index (κ3) is 6.35. The summed E-state index contributed by atoms with van der Waals surface area (Å²) in [5.74, 6) is 0.388. The SMILES string of the molecule is CCNC(=NCC1(c2ccccc2F)CC1)NCCNS(=O)(=O)c1cccnc1.I. The quantitative estimate of drug-likeness (QED) is 0.194. The van der Waals surface area contributed by atoms with E-state index in [1.165, 1.54) is 24.5 Å². The Hall–Kier alpha value is -1.79. The maximum Gasteiger partial charge on any atom is 0.242 e. The van der Waals surface area contributed by atoms with Crippen LogP contribution in [0.4, 0.5) is 4.39 Å². The van der Waals surface area contributed by atoms with Gasteiger partial charge in [0.15, 0.2) is 5.96 Å². The molecule has 0 amide bonds. The van der Waals surface area contributed by atoms with Gasteiger partial charge in [-0.05, 0) is 43.5 Å². The second-order valence-electron chi connectivity index (χ2n) is 6.97. The molecule has 0 radical (unpaired) electrons. The summed E-state index contributed by atoms with van der Waals surface area (Å²) in [6.07, 6.45) is 4.64. The Morgan fingerprint density at radius 3 is 2.57 bits per heavy atom. The van der Waals surface area contributed by atoms with Gasteiger partial charge < -0.3 is 10.6 Å². The predicted molar refractivity (Wildman–Crippen MR) is 126 cm³/mol. The summed E-state index contributed by atoms with van der Waals surface area (Å²) in [5, 5.41) is 6.25. The normalized spacial score (nSPS) is 15.2. The molecule has 10 heteroatoms. The van der Waals surface area contributed by atoms with Gasteiger partial charge in [0.25, 0.3) is 0 Å². The lowest BCUT2D eigenvalue weighted by atomic mass is 9.95. The lowest BCUT2D eigenvalue weighted by Crippen LogP contribution is -2.42. The maximum absolute atomic E-state index is 14.1. The van der Waals surface area contributed by atoms with Crippen LogP contribution in [-0.2, 0) is 15.4 Å². The van der Waals surface area contributed by atoms with E-state index in [0.717, 1.165) is 12.8 Å². The summed E-state index contributed by atoms with van der Waals surface area (Å²) >= 11 is 0. The van der Waals surface area contributed by atoms with Crippen molar-refractivity contribution in [2.24, 2.45) is 4.99 Å². The van der Waals surface area contributed by atoms with Crippen molar-refractivity contribution in [2.75, 3.05) is 26.2 Å². The zero-order valence-corrected chi connectivity index (χ0v) is 19.9. The highest BCUT2D eigenvalue weighted by Crippen LogP contribution is 2.49. The second kappa shape index (κ2) is 11.0. The maximum atomic E-state index is 14.1. The molecule has 1 saturated carbocycles. The Morgan fingerprint density at radius 2 is 1.93 bits per heavy atom. The summed E-state index contributed by atoms with van der Waals surface area (Å²) < 4.78 is 41.1. The first-order valence-electron chi connectivity index (χ1n) is 9.64. The second-order valence-corrected chi connectivity index (χ2v) is 8.74. The number of rotatable bonds is 9. The average Bonchev–Trinajstić information content (AvgIpc) is 3.51. The molecule has 3 N–H and O–H groups in total. The largest absolute Gasteiger partial charge is 0.357 e. The Morgan fingerprint density at radius 1 is 1.17 bits per heavy atom. The average molecular weight is 547 g/mol. The molecule has 1 heterocycles. The van der Waals surface area contributed by atoms with Gasteiger partial charge in [0.2, 0.25) is 10.0 Å². The topological polar surface area (TPSA) is 95.5 Å². The molecule has 1 aromatic heterocycles. The van der Waals surface area contributed by atoms with Gasteiger partial charge in [0.05, 0.1) is 6.54 Å². The van der Waals surface area contributed by atoms with Gasteiger partial charge in [-0.3, -0.25) is 9.98 Å². The summed E-state index contributed by atoms with van der Waals surface area (Å²) in [6, 6.07) is 9.91. The molecule has 0 unspecified atom stereocenters. The standard InChI is InChI=1S/C20H26FN5O2S.HI/c1-2-23-19(24-12-13-26-29(27,28)16-6-5-11-22-14-16)25-15-20(9-10-20)17-7-3-4-8-18(17)21;/h3-8,11,14,26H,2,9-10,12-13,15H2,1H3,(H2,23,24,25);1H. The number of hydrogen-bond donors (Lipinski definition) is 3. The molecule has 1 aliphatic rings. The molecular formula is C20H27FIN5O2S. The van der Waals surface area contributed by atoms with Crippen LogP contribution in [0.3, 0.4) is 0 Å². The Balaban J connectivity index is 0.00000320. The molecule has 0 aliphatic heterocycles.